The van der Waals surface area contributed by atoms with Crippen molar-refractivity contribution in [2.24, 2.45) is 11.3 Å². The van der Waals surface area contributed by atoms with Crippen LogP contribution in [0.3, 0.4) is 0 Å². The van der Waals surface area contributed by atoms with Crippen LogP contribution in [0.25, 0.3) is 0 Å². The van der Waals surface area contributed by atoms with Gasteiger partial charge in [-0.05, 0) is 48.2 Å². The Morgan fingerprint density at radius 1 is 1.05 bits per heavy atom. The number of carbonyl (C=O) groups is 3. The molecule has 4 amide bonds. The van der Waals surface area contributed by atoms with E-state index in [4.69, 9.17) is 4.74 Å². The third-order valence-corrected chi connectivity index (χ3v) is 8.96. The molecule has 1 unspecified atom stereocenters. The number of carbonyl (C=O) groups excluding carboxylic acids is 3. The number of methoxy groups -OCH3 is 1. The number of hydrogen-bond acceptors (Lipinski definition) is 6. The highest BCUT2D eigenvalue weighted by molar-refractivity contribution is 7.09. The van der Waals surface area contributed by atoms with Gasteiger partial charge < -0.3 is 14.2 Å². The number of hydrogen-bond donors (Lipinski definition) is 2. The molecule has 3 aliphatic heterocycles. The van der Waals surface area contributed by atoms with E-state index in [1.165, 1.54) is 11.3 Å². The number of ether oxygens (including phenoxy) is 1. The van der Waals surface area contributed by atoms with Crippen LogP contribution in [0.15, 0.2) is 64.8 Å². The van der Waals surface area contributed by atoms with Crippen molar-refractivity contribution in [3.63, 3.8) is 0 Å². The summed E-state index contributed by atoms with van der Waals surface area (Å²) in [6.45, 7) is 2.37. The Labute approximate surface area is 223 Å². The van der Waals surface area contributed by atoms with E-state index in [-0.39, 0.29) is 30.4 Å². The van der Waals surface area contributed by atoms with Gasteiger partial charge in [0, 0.05) is 41.4 Å². The van der Waals surface area contributed by atoms with Crippen molar-refractivity contribution in [1.29, 1.82) is 0 Å². The molecule has 4 atom stereocenters. The van der Waals surface area contributed by atoms with Gasteiger partial charge in [-0.15, -0.1) is 11.3 Å². The molecular weight excluding hydrogens is 504 g/mol. The highest BCUT2D eigenvalue weighted by atomic mass is 32.1. The first-order valence-corrected chi connectivity index (χ1v) is 13.7. The molecule has 5 heterocycles. The maximum Gasteiger partial charge on any atom is 0.335 e. The quantitative estimate of drug-likeness (QED) is 0.467. The van der Waals surface area contributed by atoms with E-state index in [0.29, 0.717) is 24.5 Å². The molecule has 38 heavy (non-hydrogen) atoms. The number of barbiturate groups is 1. The number of imide groups is 2. The lowest BCUT2D eigenvalue weighted by atomic mass is 9.77. The third-order valence-electron chi connectivity index (χ3n) is 8.08. The molecule has 0 spiro atoms. The number of rotatable bonds is 6. The van der Waals surface area contributed by atoms with E-state index in [1.807, 2.05) is 28.1 Å². The second-order valence-electron chi connectivity index (χ2n) is 10.5. The van der Waals surface area contributed by atoms with Crippen molar-refractivity contribution in [3.8, 4) is 5.75 Å². The Balaban J connectivity index is 1.36. The van der Waals surface area contributed by atoms with E-state index >= 15 is 0 Å². The zero-order valence-electron chi connectivity index (χ0n) is 21.0. The molecular formula is C28H29N4O5S+. The van der Waals surface area contributed by atoms with E-state index in [9.17, 15) is 19.2 Å². The first-order valence-electron chi connectivity index (χ1n) is 12.8. The monoisotopic (exact) mass is 533 g/mol. The first-order chi connectivity index (χ1) is 18.4. The highest BCUT2D eigenvalue weighted by Crippen LogP contribution is 2.35. The van der Waals surface area contributed by atoms with Gasteiger partial charge in [-0.25, -0.2) is 9.69 Å². The minimum Gasteiger partial charge on any atom is -0.497 e. The number of amides is 4. The number of thiophene rings is 1. The summed E-state index contributed by atoms with van der Waals surface area (Å²) < 4.78 is 7.10. The summed E-state index contributed by atoms with van der Waals surface area (Å²) in [6.07, 6.45) is 1.20. The lowest BCUT2D eigenvalue weighted by Gasteiger charge is -2.44. The fourth-order valence-corrected chi connectivity index (χ4v) is 7.24. The van der Waals surface area contributed by atoms with Gasteiger partial charge in [0.15, 0.2) is 5.41 Å². The number of piperidine rings is 1. The fraction of sp³-hybridized carbons (Fsp3) is 0.357. The summed E-state index contributed by atoms with van der Waals surface area (Å²) >= 11 is 1.49. The average Bonchev–Trinajstić information content (AvgIpc) is 3.41. The summed E-state index contributed by atoms with van der Waals surface area (Å²) in [5.74, 6) is -0.0131. The van der Waals surface area contributed by atoms with Crippen LogP contribution < -0.4 is 25.4 Å². The second-order valence-corrected chi connectivity index (χ2v) is 11.5. The number of quaternary nitrogens is 1. The van der Waals surface area contributed by atoms with Crippen LogP contribution in [0.5, 0.6) is 5.75 Å². The van der Waals surface area contributed by atoms with Crippen molar-refractivity contribution in [3.05, 3.63) is 80.9 Å². The molecule has 2 N–H and O–H groups in total. The Kier molecular flexibility index (Phi) is 6.16. The fourth-order valence-electron chi connectivity index (χ4n) is 6.42. The Morgan fingerprint density at radius 2 is 1.87 bits per heavy atom. The van der Waals surface area contributed by atoms with Crippen LogP contribution in [0, 0.1) is 11.3 Å². The number of anilines is 1. The van der Waals surface area contributed by atoms with Crippen LogP contribution in [0.2, 0.25) is 0 Å². The zero-order valence-corrected chi connectivity index (χ0v) is 21.8. The molecule has 0 saturated carbocycles. The van der Waals surface area contributed by atoms with Crippen LogP contribution >= 0.6 is 11.3 Å². The number of nitrogens with zero attached hydrogens (tertiary/aromatic N) is 2. The van der Waals surface area contributed by atoms with Crippen LogP contribution in [-0.4, -0.2) is 49.2 Å². The van der Waals surface area contributed by atoms with Crippen molar-refractivity contribution < 1.29 is 24.0 Å². The van der Waals surface area contributed by atoms with Crippen LogP contribution in [0.1, 0.15) is 22.9 Å². The van der Waals surface area contributed by atoms with Gasteiger partial charge >= 0.3 is 6.03 Å². The van der Waals surface area contributed by atoms with Gasteiger partial charge in [-0.1, -0.05) is 12.1 Å². The van der Waals surface area contributed by atoms with Gasteiger partial charge in [-0.3, -0.25) is 19.7 Å². The van der Waals surface area contributed by atoms with Crippen molar-refractivity contribution in [2.45, 2.75) is 25.3 Å². The Morgan fingerprint density at radius 3 is 2.61 bits per heavy atom. The molecule has 0 aliphatic carbocycles. The van der Waals surface area contributed by atoms with Crippen molar-refractivity contribution in [2.75, 3.05) is 31.6 Å². The average molecular weight is 534 g/mol. The van der Waals surface area contributed by atoms with E-state index in [0.717, 1.165) is 33.3 Å². The van der Waals surface area contributed by atoms with Crippen molar-refractivity contribution in [1.82, 2.24) is 9.88 Å². The summed E-state index contributed by atoms with van der Waals surface area (Å²) in [7, 11) is 1.55. The molecule has 9 nitrogen and oxygen atoms in total. The Bertz CT molecular complexity index is 1450. The molecule has 3 aliphatic rings. The minimum absolute atomic E-state index is 0.0188. The number of aromatic nitrogens is 1. The number of urea groups is 1. The number of benzene rings is 1. The third kappa shape index (κ3) is 4.13. The predicted molar refractivity (Wildman–Crippen MR) is 142 cm³/mol. The molecule has 2 fully saturated rings. The molecule has 6 rings (SSSR count). The highest BCUT2D eigenvalue weighted by Gasteiger charge is 2.58. The summed E-state index contributed by atoms with van der Waals surface area (Å²) in [4.78, 5) is 56.5. The topological polar surface area (TPSA) is 102 Å². The maximum atomic E-state index is 14.3. The normalized spacial score (nSPS) is 26.6. The largest absolute Gasteiger partial charge is 0.497 e. The molecule has 196 valence electrons. The molecule has 0 radical (unpaired) electrons. The van der Waals surface area contributed by atoms with E-state index in [2.05, 4.69) is 5.32 Å². The lowest BCUT2D eigenvalue weighted by Crippen LogP contribution is -3.16. The van der Waals surface area contributed by atoms with E-state index < -0.39 is 23.3 Å². The predicted octanol–water partition coefficient (Wildman–Crippen LogP) is 1.43. The molecule has 2 saturated heterocycles. The maximum absolute atomic E-state index is 14.3. The first kappa shape index (κ1) is 24.6. The molecule has 3 aromatic rings. The summed E-state index contributed by atoms with van der Waals surface area (Å²) in [6, 6.07) is 15.2. The molecule has 10 heteroatoms. The van der Waals surface area contributed by atoms with Crippen LogP contribution in [0.4, 0.5) is 10.5 Å². The Hall–Kier alpha value is -3.76. The van der Waals surface area contributed by atoms with Gasteiger partial charge in [-0.2, -0.15) is 0 Å². The zero-order chi connectivity index (χ0) is 26.4. The standard InChI is InChI=1S/C28H28N4O5S/c1-37-21-9-7-20(8-10-21)32-26(35)28(25(34)29-27(32)36,13-22-4-3-11-38-22)17-30-14-18-12-19(16-30)23-5-2-6-24(33)31(23)15-18/h2-11,18-19H,12-17H2,1H3,(H,29,34,36)/p+1/t18-,19+,28+/m0/s1. The van der Waals surface area contributed by atoms with Gasteiger partial charge in [0.2, 0.25) is 5.91 Å². The SMILES string of the molecule is COc1ccc(N2C(=O)NC(=O)[C@@](Cc3cccs3)(C[NH+]3C[C@@H]4C[C@H](C3)c3cccc(=O)n3C4)C2=O)cc1. The number of likely N-dealkylation sites (tertiary alicyclic amines) is 1. The van der Waals surface area contributed by atoms with Gasteiger partial charge in [0.1, 0.15) is 12.3 Å². The van der Waals surface area contributed by atoms with Crippen LogP contribution in [-0.2, 0) is 22.6 Å². The lowest BCUT2D eigenvalue weighted by molar-refractivity contribution is -0.915. The number of fused-ring (bicyclic) bond motifs is 4. The van der Waals surface area contributed by atoms with Gasteiger partial charge in [0.05, 0.1) is 25.9 Å². The number of pyridine rings is 1. The molecule has 2 aromatic heterocycles. The molecule has 2 bridgehead atoms. The van der Waals surface area contributed by atoms with Crippen molar-refractivity contribution >= 4 is 34.9 Å². The summed E-state index contributed by atoms with van der Waals surface area (Å²) in [5.41, 5.74) is -0.0242. The summed E-state index contributed by atoms with van der Waals surface area (Å²) in [5, 5.41) is 4.42. The van der Waals surface area contributed by atoms with E-state index in [1.54, 1.807) is 43.5 Å². The molecule has 1 aromatic carbocycles. The minimum atomic E-state index is -1.45. The number of nitrogens with one attached hydrogen (secondary N) is 2. The van der Waals surface area contributed by atoms with Gasteiger partial charge in [0.25, 0.3) is 11.5 Å². The second kappa shape index (κ2) is 9.52. The smallest absolute Gasteiger partial charge is 0.335 e.